The van der Waals surface area contributed by atoms with Crippen molar-refractivity contribution in [3.63, 3.8) is 0 Å². The van der Waals surface area contributed by atoms with Gasteiger partial charge in [-0.05, 0) is 12.1 Å². The first-order valence-electron chi connectivity index (χ1n) is 4.79. The van der Waals surface area contributed by atoms with Crippen molar-refractivity contribution in [3.05, 3.63) is 34.3 Å². The zero-order valence-corrected chi connectivity index (χ0v) is 10.4. The molecule has 17 heavy (non-hydrogen) atoms. The van der Waals surface area contributed by atoms with Crippen molar-refractivity contribution < 1.29 is 24.5 Å². The highest BCUT2D eigenvalue weighted by Crippen LogP contribution is 2.11. The molecule has 0 aromatic heterocycles. The molecule has 0 heterocycles. The van der Waals surface area contributed by atoms with E-state index in [1.165, 1.54) is 0 Å². The molecule has 0 bridgehead atoms. The molecule has 0 fully saturated rings. The molecule has 0 amide bonds. The van der Waals surface area contributed by atoms with Crippen LogP contribution in [0.4, 0.5) is 0 Å². The number of esters is 1. The lowest BCUT2D eigenvalue weighted by molar-refractivity contribution is -0.154. The van der Waals surface area contributed by atoms with Crippen LogP contribution in [0, 0.1) is 0 Å². The number of ketones is 1. The number of halogens is 1. The molecule has 1 rings (SSSR count). The normalized spacial score (nSPS) is 11.9. The third-order valence-electron chi connectivity index (χ3n) is 1.96. The zero-order valence-electron chi connectivity index (χ0n) is 8.80. The average Bonchev–Trinajstić information content (AvgIpc) is 2.35. The molecular weight excluding hydrogens is 292 g/mol. The Morgan fingerprint density at radius 3 is 2.41 bits per heavy atom. The summed E-state index contributed by atoms with van der Waals surface area (Å²) in [5, 5.41) is 17.4. The molecule has 0 unspecified atom stereocenters. The summed E-state index contributed by atoms with van der Waals surface area (Å²) in [6.45, 7) is -1.19. The van der Waals surface area contributed by atoms with Crippen LogP contribution in [-0.2, 0) is 9.53 Å². The third-order valence-corrected chi connectivity index (χ3v) is 2.49. The number of carbonyl (C=O) groups excluding carboxylic acids is 2. The van der Waals surface area contributed by atoms with Crippen molar-refractivity contribution in [2.75, 3.05) is 13.2 Å². The lowest BCUT2D eigenvalue weighted by Crippen LogP contribution is -2.28. The van der Waals surface area contributed by atoms with Crippen LogP contribution < -0.4 is 0 Å². The van der Waals surface area contributed by atoms with E-state index >= 15 is 0 Å². The number of aliphatic hydroxyl groups is 2. The van der Waals surface area contributed by atoms with Crippen LogP contribution in [-0.4, -0.2) is 41.3 Å². The van der Waals surface area contributed by atoms with Gasteiger partial charge in [-0.3, -0.25) is 4.79 Å². The Hall–Kier alpha value is -1.24. The first-order valence-corrected chi connectivity index (χ1v) is 5.58. The Morgan fingerprint density at radius 2 is 1.88 bits per heavy atom. The average molecular weight is 303 g/mol. The fourth-order valence-electron chi connectivity index (χ4n) is 1.03. The molecule has 1 atom stereocenters. The number of Topliss-reactive ketones (excluding diaryl/α,β-unsaturated/α-hetero) is 1. The predicted molar refractivity (Wildman–Crippen MR) is 62.5 cm³/mol. The lowest BCUT2D eigenvalue weighted by atomic mass is 10.1. The number of hydrogen-bond acceptors (Lipinski definition) is 5. The third kappa shape index (κ3) is 4.26. The molecule has 0 aliphatic carbocycles. The Morgan fingerprint density at radius 1 is 1.29 bits per heavy atom. The first kappa shape index (κ1) is 13.8. The summed E-state index contributed by atoms with van der Waals surface area (Å²) in [7, 11) is 0. The van der Waals surface area contributed by atoms with Gasteiger partial charge in [0.05, 0.1) is 6.61 Å². The van der Waals surface area contributed by atoms with Crippen molar-refractivity contribution in [1.29, 1.82) is 0 Å². The van der Waals surface area contributed by atoms with Crippen molar-refractivity contribution in [1.82, 2.24) is 0 Å². The maximum Gasteiger partial charge on any atom is 0.337 e. The van der Waals surface area contributed by atoms with Crippen molar-refractivity contribution in [2.45, 2.75) is 6.10 Å². The summed E-state index contributed by atoms with van der Waals surface area (Å²) in [5.74, 6) is -1.39. The van der Waals surface area contributed by atoms with Crippen LogP contribution in [0.2, 0.25) is 0 Å². The molecule has 6 heteroatoms. The van der Waals surface area contributed by atoms with Gasteiger partial charge in [-0.1, -0.05) is 28.1 Å². The van der Waals surface area contributed by atoms with Gasteiger partial charge in [0.15, 0.2) is 18.5 Å². The molecule has 92 valence electrons. The van der Waals surface area contributed by atoms with E-state index in [-0.39, 0.29) is 5.78 Å². The molecule has 0 saturated heterocycles. The molecule has 1 aromatic rings. The first-order chi connectivity index (χ1) is 8.04. The molecule has 0 radical (unpaired) electrons. The molecule has 0 aliphatic heterocycles. The number of rotatable bonds is 5. The van der Waals surface area contributed by atoms with E-state index < -0.39 is 25.3 Å². The van der Waals surface area contributed by atoms with Crippen LogP contribution in [0.25, 0.3) is 0 Å². The summed E-state index contributed by atoms with van der Waals surface area (Å²) < 4.78 is 5.37. The summed E-state index contributed by atoms with van der Waals surface area (Å²) in [6, 6.07) is 6.56. The number of hydrogen-bond donors (Lipinski definition) is 2. The SMILES string of the molecule is O=C(COC(=O)[C@@H](O)CO)c1ccc(Br)cc1. The molecule has 0 spiro atoms. The molecular formula is C11H11BrO5. The summed E-state index contributed by atoms with van der Waals surface area (Å²) in [6.07, 6.45) is -1.60. The smallest absolute Gasteiger partial charge is 0.337 e. The van der Waals surface area contributed by atoms with Crippen LogP contribution in [0.1, 0.15) is 10.4 Å². The molecule has 2 N–H and O–H groups in total. The summed E-state index contributed by atoms with van der Waals surface area (Å²) in [5.41, 5.74) is 0.402. The van der Waals surface area contributed by atoms with E-state index in [0.29, 0.717) is 5.56 Å². The van der Waals surface area contributed by atoms with Crippen LogP contribution in [0.5, 0.6) is 0 Å². The van der Waals surface area contributed by atoms with Gasteiger partial charge >= 0.3 is 5.97 Å². The zero-order chi connectivity index (χ0) is 12.8. The second-order valence-corrected chi connectivity index (χ2v) is 4.15. The van der Waals surface area contributed by atoms with Gasteiger partial charge in [0.2, 0.25) is 0 Å². The molecule has 0 aliphatic rings. The highest BCUT2D eigenvalue weighted by Gasteiger charge is 2.17. The summed E-state index contributed by atoms with van der Waals surface area (Å²) >= 11 is 3.23. The number of ether oxygens (including phenoxy) is 1. The summed E-state index contributed by atoms with van der Waals surface area (Å²) in [4.78, 5) is 22.5. The largest absolute Gasteiger partial charge is 0.455 e. The number of carbonyl (C=O) groups is 2. The van der Waals surface area contributed by atoms with Gasteiger partial charge in [0, 0.05) is 10.0 Å². The molecule has 5 nitrogen and oxygen atoms in total. The standard InChI is InChI=1S/C11H11BrO5/c12-8-3-1-7(2-4-8)10(15)6-17-11(16)9(14)5-13/h1-4,9,13-14H,5-6H2/t9-/m0/s1. The van der Waals surface area contributed by atoms with E-state index in [2.05, 4.69) is 20.7 Å². The van der Waals surface area contributed by atoms with Crippen molar-refractivity contribution >= 4 is 27.7 Å². The van der Waals surface area contributed by atoms with E-state index in [1.54, 1.807) is 24.3 Å². The van der Waals surface area contributed by atoms with Crippen molar-refractivity contribution in [3.8, 4) is 0 Å². The van der Waals surface area contributed by atoms with Crippen LogP contribution in [0.15, 0.2) is 28.7 Å². The minimum atomic E-state index is -1.60. The Kier molecular flexibility index (Phi) is 5.27. The van der Waals surface area contributed by atoms with Gasteiger partial charge in [-0.15, -0.1) is 0 Å². The Balaban J connectivity index is 2.50. The van der Waals surface area contributed by atoms with E-state index in [1.807, 2.05) is 0 Å². The maximum atomic E-state index is 11.5. The van der Waals surface area contributed by atoms with Crippen molar-refractivity contribution in [2.24, 2.45) is 0 Å². The van der Waals surface area contributed by atoms with E-state index in [4.69, 9.17) is 10.2 Å². The Bertz CT molecular complexity index is 401. The second kappa shape index (κ2) is 6.48. The lowest BCUT2D eigenvalue weighted by Gasteiger charge is -2.07. The fourth-order valence-corrected chi connectivity index (χ4v) is 1.29. The minimum absolute atomic E-state index is 0.379. The topological polar surface area (TPSA) is 83.8 Å². The van der Waals surface area contributed by atoms with Crippen LogP contribution >= 0.6 is 15.9 Å². The Labute approximate surface area is 106 Å². The van der Waals surface area contributed by atoms with Crippen LogP contribution in [0.3, 0.4) is 0 Å². The van der Waals surface area contributed by atoms with Gasteiger partial charge in [0.25, 0.3) is 0 Å². The molecule has 1 aromatic carbocycles. The highest BCUT2D eigenvalue weighted by atomic mass is 79.9. The number of benzene rings is 1. The predicted octanol–water partition coefficient (Wildman–Crippen LogP) is 0.528. The fraction of sp³-hybridized carbons (Fsp3) is 0.273. The quantitative estimate of drug-likeness (QED) is 0.612. The maximum absolute atomic E-state index is 11.5. The van der Waals surface area contributed by atoms with Gasteiger partial charge < -0.3 is 14.9 Å². The molecule has 0 saturated carbocycles. The van der Waals surface area contributed by atoms with E-state index in [0.717, 1.165) is 4.47 Å². The van der Waals surface area contributed by atoms with Gasteiger partial charge in [-0.25, -0.2) is 4.79 Å². The highest BCUT2D eigenvalue weighted by molar-refractivity contribution is 9.10. The van der Waals surface area contributed by atoms with E-state index in [9.17, 15) is 9.59 Å². The van der Waals surface area contributed by atoms with Gasteiger partial charge in [0.1, 0.15) is 0 Å². The van der Waals surface area contributed by atoms with Gasteiger partial charge in [-0.2, -0.15) is 0 Å². The second-order valence-electron chi connectivity index (χ2n) is 3.24. The monoisotopic (exact) mass is 302 g/mol. The number of aliphatic hydroxyl groups excluding tert-OH is 2. The minimum Gasteiger partial charge on any atom is -0.455 e.